The molecule has 1 amide bonds. The smallest absolute Gasteiger partial charge is 0.275 e. The van der Waals surface area contributed by atoms with Gasteiger partial charge >= 0.3 is 0 Å². The van der Waals surface area contributed by atoms with E-state index < -0.39 is 0 Å². The summed E-state index contributed by atoms with van der Waals surface area (Å²) in [6, 6.07) is 0.290. The molecule has 0 saturated carbocycles. The third-order valence-corrected chi connectivity index (χ3v) is 2.44. The van der Waals surface area contributed by atoms with Gasteiger partial charge in [0, 0.05) is 6.54 Å². The number of amides is 1. The van der Waals surface area contributed by atoms with Crippen LogP contribution in [-0.2, 0) is 4.79 Å². The molecule has 0 aromatic heterocycles. The van der Waals surface area contributed by atoms with Gasteiger partial charge in [0.2, 0.25) is 0 Å². The van der Waals surface area contributed by atoms with Crippen molar-refractivity contribution in [3.8, 4) is 0 Å². The zero-order chi connectivity index (χ0) is 9.68. The first-order chi connectivity index (χ1) is 6.22. The normalized spacial score (nSPS) is 28.5. The van der Waals surface area contributed by atoms with Gasteiger partial charge in [-0.3, -0.25) is 4.79 Å². The van der Waals surface area contributed by atoms with Crippen molar-refractivity contribution < 1.29 is 9.69 Å². The van der Waals surface area contributed by atoms with E-state index in [0.717, 1.165) is 32.5 Å². The molecule has 0 aliphatic carbocycles. The predicted octanol–water partition coefficient (Wildman–Crippen LogP) is -1.87. The van der Waals surface area contributed by atoms with Crippen molar-refractivity contribution in [2.45, 2.75) is 25.8 Å². The lowest BCUT2D eigenvalue weighted by molar-refractivity contribution is -0.897. The van der Waals surface area contributed by atoms with Crippen LogP contribution in [0.25, 0.3) is 0 Å². The van der Waals surface area contributed by atoms with E-state index in [1.165, 1.54) is 4.90 Å². The van der Waals surface area contributed by atoms with Crippen molar-refractivity contribution in [1.82, 2.24) is 5.32 Å². The average molecular weight is 186 g/mol. The number of likely N-dealkylation sites (N-methyl/N-ethyl adjacent to an activating group) is 1. The van der Waals surface area contributed by atoms with Crippen LogP contribution in [0.2, 0.25) is 0 Å². The second kappa shape index (κ2) is 5.19. The number of hydrogen-bond acceptors (Lipinski definition) is 2. The largest absolute Gasteiger partial charge is 0.351 e. The van der Waals surface area contributed by atoms with Gasteiger partial charge in [0.05, 0.1) is 19.1 Å². The molecule has 1 heterocycles. The Bertz CT molecular complexity index is 172. The van der Waals surface area contributed by atoms with Gasteiger partial charge in [-0.05, 0) is 19.8 Å². The molecule has 1 aliphatic heterocycles. The van der Waals surface area contributed by atoms with Crippen molar-refractivity contribution in [2.24, 2.45) is 5.73 Å². The molecule has 1 unspecified atom stereocenters. The monoisotopic (exact) mass is 186 g/mol. The Morgan fingerprint density at radius 1 is 1.69 bits per heavy atom. The van der Waals surface area contributed by atoms with Gasteiger partial charge in [-0.25, -0.2) is 0 Å². The van der Waals surface area contributed by atoms with Gasteiger partial charge in [-0.2, -0.15) is 0 Å². The van der Waals surface area contributed by atoms with Crippen molar-refractivity contribution in [1.29, 1.82) is 0 Å². The molecule has 13 heavy (non-hydrogen) atoms. The standard InChI is InChI=1S/C9H19N3O/c1-2-11-9(13)7-12-5-3-4-8(10)6-12/h8H,2-7,10H2,1H3,(H,11,13)/p+1/t8-/m1/s1. The van der Waals surface area contributed by atoms with Crippen LogP contribution in [0.3, 0.4) is 0 Å². The quantitative estimate of drug-likeness (QED) is 0.483. The maximum Gasteiger partial charge on any atom is 0.275 e. The lowest BCUT2D eigenvalue weighted by atomic mass is 10.1. The van der Waals surface area contributed by atoms with E-state index in [1.807, 2.05) is 6.92 Å². The molecule has 4 N–H and O–H groups in total. The summed E-state index contributed by atoms with van der Waals surface area (Å²) in [6.07, 6.45) is 2.26. The zero-order valence-electron chi connectivity index (χ0n) is 8.31. The van der Waals surface area contributed by atoms with E-state index in [9.17, 15) is 4.79 Å². The van der Waals surface area contributed by atoms with Crippen molar-refractivity contribution >= 4 is 5.91 Å². The van der Waals surface area contributed by atoms with Crippen LogP contribution >= 0.6 is 0 Å². The van der Waals surface area contributed by atoms with Crippen molar-refractivity contribution in [3.05, 3.63) is 0 Å². The average Bonchev–Trinajstić information content (AvgIpc) is 2.04. The number of carbonyl (C=O) groups excluding carboxylic acids is 1. The molecule has 0 radical (unpaired) electrons. The summed E-state index contributed by atoms with van der Waals surface area (Å²) in [5.41, 5.74) is 5.82. The first-order valence-electron chi connectivity index (χ1n) is 5.08. The molecular weight excluding hydrogens is 166 g/mol. The Morgan fingerprint density at radius 2 is 2.46 bits per heavy atom. The van der Waals surface area contributed by atoms with Gasteiger partial charge < -0.3 is 16.0 Å². The van der Waals surface area contributed by atoms with Crippen molar-refractivity contribution in [3.63, 3.8) is 0 Å². The highest BCUT2D eigenvalue weighted by Crippen LogP contribution is 1.93. The number of nitrogens with one attached hydrogen (secondary N) is 2. The molecule has 4 nitrogen and oxygen atoms in total. The number of carbonyl (C=O) groups is 1. The lowest BCUT2D eigenvalue weighted by Crippen LogP contribution is -3.15. The highest BCUT2D eigenvalue weighted by molar-refractivity contribution is 5.76. The minimum atomic E-state index is 0.145. The maximum absolute atomic E-state index is 11.2. The van der Waals surface area contributed by atoms with Crippen molar-refractivity contribution in [2.75, 3.05) is 26.2 Å². The van der Waals surface area contributed by atoms with Gasteiger partial charge in [-0.1, -0.05) is 0 Å². The van der Waals surface area contributed by atoms with Gasteiger partial charge in [0.15, 0.2) is 6.54 Å². The lowest BCUT2D eigenvalue weighted by Gasteiger charge is -2.26. The Morgan fingerprint density at radius 3 is 3.08 bits per heavy atom. The van der Waals surface area contributed by atoms with Gasteiger partial charge in [-0.15, -0.1) is 0 Å². The summed E-state index contributed by atoms with van der Waals surface area (Å²) in [4.78, 5) is 12.6. The highest BCUT2D eigenvalue weighted by Gasteiger charge is 2.21. The summed E-state index contributed by atoms with van der Waals surface area (Å²) < 4.78 is 0. The third kappa shape index (κ3) is 3.74. The van der Waals surface area contributed by atoms with Crippen LogP contribution in [0.4, 0.5) is 0 Å². The number of rotatable bonds is 3. The highest BCUT2D eigenvalue weighted by atomic mass is 16.2. The second-order valence-corrected chi connectivity index (χ2v) is 3.74. The molecule has 2 atom stereocenters. The minimum Gasteiger partial charge on any atom is -0.351 e. The molecule has 0 bridgehead atoms. The fourth-order valence-electron chi connectivity index (χ4n) is 1.84. The van der Waals surface area contributed by atoms with E-state index in [1.54, 1.807) is 0 Å². The van der Waals surface area contributed by atoms with Crippen LogP contribution in [0.1, 0.15) is 19.8 Å². The maximum atomic E-state index is 11.2. The summed E-state index contributed by atoms with van der Waals surface area (Å²) in [5, 5.41) is 2.81. The molecule has 0 aromatic carbocycles. The summed E-state index contributed by atoms with van der Waals surface area (Å²) in [6.45, 7) is 5.27. The topological polar surface area (TPSA) is 59.6 Å². The fourth-order valence-corrected chi connectivity index (χ4v) is 1.84. The number of nitrogens with two attached hydrogens (primary N) is 1. The van der Waals surface area contributed by atoms with Gasteiger partial charge in [0.25, 0.3) is 5.91 Å². The SMILES string of the molecule is CCNC(=O)C[NH+]1CCC[C@@H](N)C1. The molecule has 1 saturated heterocycles. The Labute approximate surface area is 79.5 Å². The molecule has 1 fully saturated rings. The van der Waals surface area contributed by atoms with Gasteiger partial charge in [0.1, 0.15) is 0 Å². The summed E-state index contributed by atoms with van der Waals surface area (Å²) in [5.74, 6) is 0.145. The summed E-state index contributed by atoms with van der Waals surface area (Å²) >= 11 is 0. The van der Waals surface area contributed by atoms with Crippen LogP contribution in [0, 0.1) is 0 Å². The van der Waals surface area contributed by atoms with Crippen LogP contribution in [-0.4, -0.2) is 38.1 Å². The first-order valence-corrected chi connectivity index (χ1v) is 5.08. The predicted molar refractivity (Wildman–Crippen MR) is 51.5 cm³/mol. The van der Waals surface area contributed by atoms with E-state index in [0.29, 0.717) is 6.54 Å². The van der Waals surface area contributed by atoms with E-state index in [-0.39, 0.29) is 11.9 Å². The molecule has 4 heteroatoms. The molecule has 0 spiro atoms. The van der Waals surface area contributed by atoms with E-state index in [4.69, 9.17) is 5.73 Å². The van der Waals surface area contributed by atoms with E-state index >= 15 is 0 Å². The molecule has 0 aromatic rings. The minimum absolute atomic E-state index is 0.145. The number of likely N-dealkylation sites (tertiary alicyclic amines) is 1. The Balaban J connectivity index is 2.23. The fraction of sp³-hybridized carbons (Fsp3) is 0.889. The molecule has 1 aliphatic rings. The van der Waals surface area contributed by atoms with Crippen LogP contribution < -0.4 is 16.0 Å². The Kier molecular flexibility index (Phi) is 4.18. The third-order valence-electron chi connectivity index (χ3n) is 2.44. The summed E-state index contributed by atoms with van der Waals surface area (Å²) in [7, 11) is 0. The first kappa shape index (κ1) is 10.5. The van der Waals surface area contributed by atoms with Crippen LogP contribution in [0.5, 0.6) is 0 Å². The molecule has 1 rings (SSSR count). The zero-order valence-corrected chi connectivity index (χ0v) is 8.31. The number of hydrogen-bond donors (Lipinski definition) is 3. The number of quaternary nitrogens is 1. The van der Waals surface area contributed by atoms with Crippen LogP contribution in [0.15, 0.2) is 0 Å². The molecule has 76 valence electrons. The molecular formula is C9H20N3O+. The van der Waals surface area contributed by atoms with E-state index in [2.05, 4.69) is 5.32 Å². The second-order valence-electron chi connectivity index (χ2n) is 3.74. The number of piperidine rings is 1. The Hall–Kier alpha value is -0.610.